The van der Waals surface area contributed by atoms with Crippen molar-refractivity contribution >= 4 is 11.7 Å². The molecule has 0 aliphatic rings. The molecule has 0 radical (unpaired) electrons. The Labute approximate surface area is 147 Å². The van der Waals surface area contributed by atoms with Gasteiger partial charge >= 0.3 is 6.03 Å². The lowest BCUT2D eigenvalue weighted by atomic mass is 10.1. The van der Waals surface area contributed by atoms with Crippen LogP contribution in [0.25, 0.3) is 0 Å². The van der Waals surface area contributed by atoms with Gasteiger partial charge in [-0.3, -0.25) is 5.21 Å². The average Bonchev–Trinajstić information content (AvgIpc) is 2.65. The third kappa shape index (κ3) is 4.22. The number of amides is 2. The van der Waals surface area contributed by atoms with E-state index in [9.17, 15) is 10.0 Å². The molecule has 0 fully saturated rings. The van der Waals surface area contributed by atoms with Gasteiger partial charge in [0.25, 0.3) is 0 Å². The minimum absolute atomic E-state index is 0.187. The number of ether oxygens (including phenoxy) is 2. The van der Waals surface area contributed by atoms with Crippen molar-refractivity contribution in [3.05, 3.63) is 53.1 Å². The van der Waals surface area contributed by atoms with Crippen LogP contribution < -0.4 is 19.9 Å². The molecular weight excluding hydrogens is 320 g/mol. The smallest absolute Gasteiger partial charge is 0.345 e. The first kappa shape index (κ1) is 18.6. The number of hydrogen-bond acceptors (Lipinski definition) is 4. The van der Waals surface area contributed by atoms with Crippen molar-refractivity contribution in [3.63, 3.8) is 0 Å². The van der Waals surface area contributed by atoms with Crippen LogP contribution >= 0.6 is 0 Å². The highest BCUT2D eigenvalue weighted by Crippen LogP contribution is 2.32. The number of nitrogens with one attached hydrogen (secondary N) is 1. The summed E-state index contributed by atoms with van der Waals surface area (Å²) in [4.78, 5) is 11.8. The van der Waals surface area contributed by atoms with Gasteiger partial charge in [-0.05, 0) is 36.6 Å². The third-order valence-electron chi connectivity index (χ3n) is 3.95. The van der Waals surface area contributed by atoms with E-state index in [1.165, 1.54) is 19.7 Å². The second-order valence-electron chi connectivity index (χ2n) is 5.58. The number of rotatable bonds is 6. The summed E-state index contributed by atoms with van der Waals surface area (Å²) >= 11 is 0. The molecule has 2 rings (SSSR count). The number of aryl methyl sites for hydroxylation is 2. The van der Waals surface area contributed by atoms with Gasteiger partial charge < -0.3 is 14.8 Å². The Morgan fingerprint density at radius 3 is 2.60 bits per heavy atom. The zero-order valence-electron chi connectivity index (χ0n) is 15.0. The minimum atomic E-state index is -0.658. The van der Waals surface area contributed by atoms with Crippen LogP contribution in [0.1, 0.15) is 23.6 Å². The van der Waals surface area contributed by atoms with Crippen LogP contribution in [0.4, 0.5) is 10.5 Å². The van der Waals surface area contributed by atoms with E-state index in [-0.39, 0.29) is 12.3 Å². The van der Waals surface area contributed by atoms with E-state index in [0.717, 1.165) is 17.7 Å². The first-order chi connectivity index (χ1) is 12.0. The number of hydrogen-bond donors (Lipinski definition) is 2. The SMILES string of the molecule is CCc1ccc(OCc2cccc(OC)c2N(O)C(=O)NC)c(C)c1. The van der Waals surface area contributed by atoms with E-state index in [0.29, 0.717) is 16.4 Å². The maximum atomic E-state index is 11.8. The Hall–Kier alpha value is -2.73. The maximum absolute atomic E-state index is 11.8. The molecule has 0 aliphatic carbocycles. The number of carbonyl (C=O) groups is 1. The molecule has 2 aromatic carbocycles. The Morgan fingerprint density at radius 2 is 2.00 bits per heavy atom. The predicted molar refractivity (Wildman–Crippen MR) is 96.6 cm³/mol. The van der Waals surface area contributed by atoms with Crippen molar-refractivity contribution < 1.29 is 19.5 Å². The zero-order valence-corrected chi connectivity index (χ0v) is 15.0. The molecule has 0 unspecified atom stereocenters. The highest BCUT2D eigenvalue weighted by molar-refractivity contribution is 5.92. The lowest BCUT2D eigenvalue weighted by Crippen LogP contribution is -2.36. The molecule has 6 nitrogen and oxygen atoms in total. The van der Waals surface area contributed by atoms with Crippen molar-refractivity contribution in [2.24, 2.45) is 0 Å². The fourth-order valence-corrected chi connectivity index (χ4v) is 2.55. The number of para-hydroxylation sites is 1. The van der Waals surface area contributed by atoms with Crippen LogP contribution in [0.5, 0.6) is 11.5 Å². The molecule has 0 atom stereocenters. The van der Waals surface area contributed by atoms with Crippen LogP contribution in [0, 0.1) is 6.92 Å². The van der Waals surface area contributed by atoms with E-state index >= 15 is 0 Å². The van der Waals surface area contributed by atoms with Crippen molar-refractivity contribution in [3.8, 4) is 11.5 Å². The topological polar surface area (TPSA) is 71.0 Å². The third-order valence-corrected chi connectivity index (χ3v) is 3.95. The van der Waals surface area contributed by atoms with E-state index in [1.807, 2.05) is 19.1 Å². The molecule has 0 aromatic heterocycles. The molecule has 2 aromatic rings. The molecule has 6 heteroatoms. The van der Waals surface area contributed by atoms with Gasteiger partial charge in [0.15, 0.2) is 0 Å². The van der Waals surface area contributed by atoms with Crippen LogP contribution in [-0.2, 0) is 13.0 Å². The number of carbonyl (C=O) groups excluding carboxylic acids is 1. The molecule has 0 heterocycles. The van der Waals surface area contributed by atoms with Crippen molar-refractivity contribution in [2.45, 2.75) is 26.9 Å². The van der Waals surface area contributed by atoms with E-state index in [1.54, 1.807) is 18.2 Å². The number of methoxy groups -OCH3 is 1. The fraction of sp³-hybridized carbons (Fsp3) is 0.316. The Morgan fingerprint density at radius 1 is 1.24 bits per heavy atom. The number of hydroxylamine groups is 1. The number of benzene rings is 2. The van der Waals surface area contributed by atoms with E-state index < -0.39 is 6.03 Å². The Bertz CT molecular complexity index is 746. The molecule has 134 valence electrons. The van der Waals surface area contributed by atoms with Crippen LogP contribution in [-0.4, -0.2) is 25.4 Å². The highest BCUT2D eigenvalue weighted by Gasteiger charge is 2.20. The molecule has 0 spiro atoms. The predicted octanol–water partition coefficient (Wildman–Crippen LogP) is 3.68. The van der Waals surface area contributed by atoms with Gasteiger partial charge in [0.05, 0.1) is 7.11 Å². The minimum Gasteiger partial charge on any atom is -0.494 e. The van der Waals surface area contributed by atoms with Gasteiger partial charge in [-0.2, -0.15) is 5.06 Å². The monoisotopic (exact) mass is 344 g/mol. The van der Waals surface area contributed by atoms with E-state index in [2.05, 4.69) is 18.3 Å². The molecule has 0 aliphatic heterocycles. The number of urea groups is 1. The summed E-state index contributed by atoms with van der Waals surface area (Å²) in [5, 5.41) is 13.1. The largest absolute Gasteiger partial charge is 0.494 e. The Kier molecular flexibility index (Phi) is 6.25. The molecular formula is C19H24N2O4. The number of nitrogens with zero attached hydrogens (tertiary/aromatic N) is 1. The van der Waals surface area contributed by atoms with Gasteiger partial charge in [-0.1, -0.05) is 31.2 Å². The van der Waals surface area contributed by atoms with Crippen molar-refractivity contribution in [1.29, 1.82) is 0 Å². The normalized spacial score (nSPS) is 10.3. The first-order valence-electron chi connectivity index (χ1n) is 8.10. The fourth-order valence-electron chi connectivity index (χ4n) is 2.55. The molecule has 2 N–H and O–H groups in total. The average molecular weight is 344 g/mol. The lowest BCUT2D eigenvalue weighted by Gasteiger charge is -2.21. The highest BCUT2D eigenvalue weighted by atomic mass is 16.5. The van der Waals surface area contributed by atoms with E-state index in [4.69, 9.17) is 9.47 Å². The Balaban J connectivity index is 2.29. The molecule has 0 saturated carbocycles. The summed E-state index contributed by atoms with van der Waals surface area (Å²) in [6.07, 6.45) is 0.965. The summed E-state index contributed by atoms with van der Waals surface area (Å²) in [6.45, 7) is 4.28. The quantitative estimate of drug-likeness (QED) is 0.619. The summed E-state index contributed by atoms with van der Waals surface area (Å²) in [5.74, 6) is 1.14. The van der Waals surface area contributed by atoms with Gasteiger partial charge in [-0.25, -0.2) is 4.79 Å². The van der Waals surface area contributed by atoms with Gasteiger partial charge in [0.1, 0.15) is 23.8 Å². The second-order valence-corrected chi connectivity index (χ2v) is 5.58. The second kappa shape index (κ2) is 8.39. The first-order valence-corrected chi connectivity index (χ1v) is 8.10. The van der Waals surface area contributed by atoms with Crippen LogP contribution in [0.15, 0.2) is 36.4 Å². The molecule has 25 heavy (non-hydrogen) atoms. The number of anilines is 1. The lowest BCUT2D eigenvalue weighted by molar-refractivity contribution is 0.204. The molecule has 2 amide bonds. The summed E-state index contributed by atoms with van der Waals surface area (Å²) < 4.78 is 11.2. The summed E-state index contributed by atoms with van der Waals surface area (Å²) in [6, 6.07) is 10.6. The van der Waals surface area contributed by atoms with Crippen LogP contribution in [0.2, 0.25) is 0 Å². The van der Waals surface area contributed by atoms with Gasteiger partial charge in [0.2, 0.25) is 0 Å². The van der Waals surface area contributed by atoms with Crippen molar-refractivity contribution in [1.82, 2.24) is 5.32 Å². The van der Waals surface area contributed by atoms with Gasteiger partial charge in [-0.15, -0.1) is 0 Å². The van der Waals surface area contributed by atoms with Gasteiger partial charge in [0, 0.05) is 12.6 Å². The zero-order chi connectivity index (χ0) is 18.4. The molecule has 0 bridgehead atoms. The standard InChI is InChI=1S/C19H24N2O4/c1-5-14-9-10-16(13(2)11-14)25-12-15-7-6-8-17(24-4)18(15)21(23)19(22)20-3/h6-11,23H,5,12H2,1-4H3,(H,20,22). The van der Waals surface area contributed by atoms with Crippen LogP contribution in [0.3, 0.4) is 0 Å². The summed E-state index contributed by atoms with van der Waals surface area (Å²) in [5.41, 5.74) is 3.17. The summed E-state index contributed by atoms with van der Waals surface area (Å²) in [7, 11) is 2.92. The maximum Gasteiger partial charge on any atom is 0.345 e. The van der Waals surface area contributed by atoms with Crippen molar-refractivity contribution in [2.75, 3.05) is 19.2 Å². The molecule has 0 saturated heterocycles.